The summed E-state index contributed by atoms with van der Waals surface area (Å²) >= 11 is 0. The predicted molar refractivity (Wildman–Crippen MR) is 89.1 cm³/mol. The standard InChI is InChI=1S/C18H24N4O2/c1-12-9-15(12)18(24)22-8-7-21-11-14(19-17(21)13(22)2)10-16(23)20-5-3-4-6-20/h3-4,11-13,15H,5-10H2,1-2H3/t12-,13-,15+/m1/s1. The van der Waals surface area contributed by atoms with E-state index in [1.54, 1.807) is 0 Å². The third kappa shape index (κ3) is 2.64. The number of carbonyl (C=O) groups is 2. The SMILES string of the molecule is C[C@@H]1C[C@@H]1C(=O)N1CCn2cc(CC(=O)N3CC=CC3)nc2[C@H]1C. The zero-order valence-corrected chi connectivity index (χ0v) is 14.3. The van der Waals surface area contributed by atoms with E-state index in [4.69, 9.17) is 0 Å². The molecule has 0 unspecified atom stereocenters. The highest BCUT2D eigenvalue weighted by atomic mass is 16.2. The molecule has 1 fully saturated rings. The van der Waals surface area contributed by atoms with E-state index in [9.17, 15) is 9.59 Å². The van der Waals surface area contributed by atoms with Crippen LogP contribution < -0.4 is 0 Å². The van der Waals surface area contributed by atoms with Crippen LogP contribution in [0.1, 0.15) is 37.8 Å². The molecule has 24 heavy (non-hydrogen) atoms. The van der Waals surface area contributed by atoms with Crippen molar-refractivity contribution in [3.63, 3.8) is 0 Å². The lowest BCUT2D eigenvalue weighted by Gasteiger charge is -2.34. The summed E-state index contributed by atoms with van der Waals surface area (Å²) in [6, 6.07) is -0.0173. The summed E-state index contributed by atoms with van der Waals surface area (Å²) in [5, 5.41) is 0. The van der Waals surface area contributed by atoms with Crippen molar-refractivity contribution in [1.82, 2.24) is 19.4 Å². The molecule has 6 nitrogen and oxygen atoms in total. The molecule has 6 heteroatoms. The highest BCUT2D eigenvalue weighted by Crippen LogP contribution is 2.41. The second-order valence-electron chi connectivity index (χ2n) is 7.26. The maximum absolute atomic E-state index is 12.6. The van der Waals surface area contributed by atoms with Crippen LogP contribution in [-0.2, 0) is 22.6 Å². The van der Waals surface area contributed by atoms with Crippen molar-refractivity contribution in [1.29, 1.82) is 0 Å². The molecule has 128 valence electrons. The van der Waals surface area contributed by atoms with E-state index in [2.05, 4.69) is 16.5 Å². The fraction of sp³-hybridized carbons (Fsp3) is 0.611. The largest absolute Gasteiger partial charge is 0.335 e. The van der Waals surface area contributed by atoms with Crippen LogP contribution in [0.15, 0.2) is 18.3 Å². The van der Waals surface area contributed by atoms with Crippen molar-refractivity contribution in [3.8, 4) is 0 Å². The summed E-state index contributed by atoms with van der Waals surface area (Å²) in [6.07, 6.45) is 7.36. The number of amides is 2. The lowest BCUT2D eigenvalue weighted by molar-refractivity contribution is -0.136. The van der Waals surface area contributed by atoms with Crippen LogP contribution in [0.2, 0.25) is 0 Å². The van der Waals surface area contributed by atoms with Crippen LogP contribution >= 0.6 is 0 Å². The van der Waals surface area contributed by atoms with Gasteiger partial charge in [0.2, 0.25) is 11.8 Å². The van der Waals surface area contributed by atoms with E-state index < -0.39 is 0 Å². The maximum atomic E-state index is 12.6. The highest BCUT2D eigenvalue weighted by molar-refractivity contribution is 5.82. The van der Waals surface area contributed by atoms with Gasteiger partial charge in [0.25, 0.3) is 0 Å². The number of carbonyl (C=O) groups excluding carboxylic acids is 2. The van der Waals surface area contributed by atoms with Crippen molar-refractivity contribution in [2.45, 2.75) is 39.3 Å². The summed E-state index contributed by atoms with van der Waals surface area (Å²) < 4.78 is 2.11. The monoisotopic (exact) mass is 328 g/mol. The Morgan fingerprint density at radius 2 is 1.92 bits per heavy atom. The van der Waals surface area contributed by atoms with Crippen LogP contribution in [0, 0.1) is 11.8 Å². The van der Waals surface area contributed by atoms with Crippen molar-refractivity contribution in [2.75, 3.05) is 19.6 Å². The number of aromatic nitrogens is 2. The number of hydrogen-bond acceptors (Lipinski definition) is 3. The second-order valence-corrected chi connectivity index (χ2v) is 7.26. The van der Waals surface area contributed by atoms with E-state index in [0.717, 1.165) is 31.0 Å². The van der Waals surface area contributed by atoms with E-state index in [0.29, 0.717) is 25.4 Å². The number of imidazole rings is 1. The number of fused-ring (bicyclic) bond motifs is 1. The third-order valence-electron chi connectivity index (χ3n) is 5.49. The lowest BCUT2D eigenvalue weighted by Crippen LogP contribution is -2.42. The summed E-state index contributed by atoms with van der Waals surface area (Å²) in [5.74, 6) is 2.02. The Balaban J connectivity index is 1.46. The Bertz CT molecular complexity index is 700. The molecule has 3 atom stereocenters. The smallest absolute Gasteiger partial charge is 0.229 e. The Morgan fingerprint density at radius 3 is 2.58 bits per heavy atom. The maximum Gasteiger partial charge on any atom is 0.229 e. The zero-order valence-electron chi connectivity index (χ0n) is 14.3. The van der Waals surface area contributed by atoms with Gasteiger partial charge in [-0.05, 0) is 19.3 Å². The summed E-state index contributed by atoms with van der Waals surface area (Å²) in [5.41, 5.74) is 0.808. The number of rotatable bonds is 3. The number of nitrogens with zero attached hydrogens (tertiary/aromatic N) is 4. The minimum absolute atomic E-state index is 0.0173. The Kier molecular flexibility index (Phi) is 3.70. The summed E-state index contributed by atoms with van der Waals surface area (Å²) in [4.78, 5) is 33.3. The second kappa shape index (κ2) is 5.76. The molecule has 1 aliphatic carbocycles. The highest BCUT2D eigenvalue weighted by Gasteiger charge is 2.44. The Morgan fingerprint density at radius 1 is 1.21 bits per heavy atom. The van der Waals surface area contributed by atoms with Crippen LogP contribution in [-0.4, -0.2) is 50.8 Å². The van der Waals surface area contributed by atoms with E-state index >= 15 is 0 Å². The van der Waals surface area contributed by atoms with Gasteiger partial charge < -0.3 is 14.4 Å². The van der Waals surface area contributed by atoms with Crippen LogP contribution in [0.3, 0.4) is 0 Å². The molecule has 4 rings (SSSR count). The molecule has 0 N–H and O–H groups in total. The summed E-state index contributed by atoms with van der Waals surface area (Å²) in [7, 11) is 0. The molecule has 3 heterocycles. The van der Waals surface area contributed by atoms with Crippen molar-refractivity contribution >= 4 is 11.8 Å². The van der Waals surface area contributed by atoms with Crippen LogP contribution in [0.5, 0.6) is 0 Å². The molecule has 3 aliphatic rings. The average molecular weight is 328 g/mol. The molecular formula is C18H24N4O2. The summed E-state index contributed by atoms with van der Waals surface area (Å²) in [6.45, 7) is 7.07. The van der Waals surface area contributed by atoms with Gasteiger partial charge in [0.1, 0.15) is 5.82 Å². The van der Waals surface area contributed by atoms with Crippen molar-refractivity contribution in [2.24, 2.45) is 11.8 Å². The normalized spacial score (nSPS) is 28.2. The third-order valence-corrected chi connectivity index (χ3v) is 5.49. The van der Waals surface area contributed by atoms with Gasteiger partial charge in [-0.25, -0.2) is 4.98 Å². The molecule has 1 aromatic heterocycles. The Hall–Kier alpha value is -2.11. The average Bonchev–Trinajstić information content (AvgIpc) is 2.96. The number of hydrogen-bond donors (Lipinski definition) is 0. The molecule has 1 saturated carbocycles. The fourth-order valence-corrected chi connectivity index (χ4v) is 3.76. The first kappa shape index (κ1) is 15.4. The molecular weight excluding hydrogens is 304 g/mol. The van der Waals surface area contributed by atoms with Gasteiger partial charge in [-0.15, -0.1) is 0 Å². The van der Waals surface area contributed by atoms with Gasteiger partial charge in [-0.1, -0.05) is 19.1 Å². The van der Waals surface area contributed by atoms with E-state index in [1.165, 1.54) is 0 Å². The van der Waals surface area contributed by atoms with Gasteiger partial charge in [0.05, 0.1) is 18.2 Å². The first-order valence-corrected chi connectivity index (χ1v) is 8.84. The minimum Gasteiger partial charge on any atom is -0.335 e. The fourth-order valence-electron chi connectivity index (χ4n) is 3.76. The van der Waals surface area contributed by atoms with Crippen molar-refractivity contribution in [3.05, 3.63) is 29.9 Å². The minimum atomic E-state index is -0.0173. The Labute approximate surface area is 142 Å². The van der Waals surface area contributed by atoms with Gasteiger partial charge in [-0.2, -0.15) is 0 Å². The first-order chi connectivity index (χ1) is 11.5. The van der Waals surface area contributed by atoms with Gasteiger partial charge in [0.15, 0.2) is 0 Å². The topological polar surface area (TPSA) is 58.4 Å². The molecule has 0 radical (unpaired) electrons. The van der Waals surface area contributed by atoms with Gasteiger partial charge in [-0.3, -0.25) is 9.59 Å². The molecule has 0 spiro atoms. The first-order valence-electron chi connectivity index (χ1n) is 8.84. The molecule has 0 saturated heterocycles. The molecule has 0 aromatic carbocycles. The zero-order chi connectivity index (χ0) is 16.8. The molecule has 1 aromatic rings. The molecule has 0 bridgehead atoms. The molecule has 2 aliphatic heterocycles. The quantitative estimate of drug-likeness (QED) is 0.788. The van der Waals surface area contributed by atoms with Crippen LogP contribution in [0.25, 0.3) is 0 Å². The van der Waals surface area contributed by atoms with Crippen molar-refractivity contribution < 1.29 is 9.59 Å². The molecule has 2 amide bonds. The lowest BCUT2D eigenvalue weighted by atomic mass is 10.1. The van der Waals surface area contributed by atoms with E-state index in [-0.39, 0.29) is 23.8 Å². The van der Waals surface area contributed by atoms with E-state index in [1.807, 2.05) is 35.1 Å². The van der Waals surface area contributed by atoms with Crippen LogP contribution in [0.4, 0.5) is 0 Å². The predicted octanol–water partition coefficient (Wildman–Crippen LogP) is 1.38. The van der Waals surface area contributed by atoms with Gasteiger partial charge in [0, 0.05) is 38.3 Å². The van der Waals surface area contributed by atoms with Gasteiger partial charge >= 0.3 is 0 Å².